The van der Waals surface area contributed by atoms with Crippen molar-refractivity contribution in [1.29, 1.82) is 0 Å². The van der Waals surface area contributed by atoms with Crippen LogP contribution < -0.4 is 10.1 Å². The van der Waals surface area contributed by atoms with E-state index in [1.165, 1.54) is 17.8 Å². The Hall–Kier alpha value is -2.87. The van der Waals surface area contributed by atoms with Crippen LogP contribution in [0, 0.1) is 11.7 Å². The summed E-state index contributed by atoms with van der Waals surface area (Å²) in [6.07, 6.45) is 0. The molecule has 0 aliphatic heterocycles. The van der Waals surface area contributed by atoms with Gasteiger partial charge in [-0.05, 0) is 30.2 Å². The molecule has 0 atom stereocenters. The first-order valence-electron chi connectivity index (χ1n) is 9.80. The SMILES string of the molecule is CC(C)Cn1c(SCC(=O)NCCOc2ccccc2)nnc1-c1ccccc1F. The zero-order valence-corrected chi connectivity index (χ0v) is 17.9. The Kier molecular flexibility index (Phi) is 7.84. The lowest BCUT2D eigenvalue weighted by molar-refractivity contribution is -0.118. The van der Waals surface area contributed by atoms with E-state index >= 15 is 0 Å². The minimum Gasteiger partial charge on any atom is -0.492 e. The van der Waals surface area contributed by atoms with E-state index in [-0.39, 0.29) is 17.5 Å². The van der Waals surface area contributed by atoms with E-state index in [2.05, 4.69) is 29.4 Å². The van der Waals surface area contributed by atoms with Gasteiger partial charge in [-0.15, -0.1) is 10.2 Å². The molecule has 30 heavy (non-hydrogen) atoms. The summed E-state index contributed by atoms with van der Waals surface area (Å²) < 4.78 is 21.7. The number of thioether (sulfide) groups is 1. The second-order valence-electron chi connectivity index (χ2n) is 7.09. The van der Waals surface area contributed by atoms with Gasteiger partial charge in [-0.3, -0.25) is 4.79 Å². The van der Waals surface area contributed by atoms with E-state index < -0.39 is 0 Å². The van der Waals surface area contributed by atoms with Gasteiger partial charge in [0.1, 0.15) is 18.2 Å². The number of rotatable bonds is 10. The zero-order valence-electron chi connectivity index (χ0n) is 17.0. The topological polar surface area (TPSA) is 69.0 Å². The minimum atomic E-state index is -0.345. The quantitative estimate of drug-likeness (QED) is 0.390. The third-order valence-electron chi connectivity index (χ3n) is 4.15. The number of benzene rings is 2. The van der Waals surface area contributed by atoms with E-state index in [9.17, 15) is 9.18 Å². The van der Waals surface area contributed by atoms with Crippen molar-refractivity contribution in [2.24, 2.45) is 5.92 Å². The molecule has 0 spiro atoms. The highest BCUT2D eigenvalue weighted by Crippen LogP contribution is 2.26. The van der Waals surface area contributed by atoms with Crippen LogP contribution in [0.2, 0.25) is 0 Å². The number of nitrogens with zero attached hydrogens (tertiary/aromatic N) is 3. The fourth-order valence-corrected chi connectivity index (χ4v) is 3.60. The highest BCUT2D eigenvalue weighted by molar-refractivity contribution is 7.99. The molecule has 0 fully saturated rings. The van der Waals surface area contributed by atoms with Gasteiger partial charge in [-0.1, -0.05) is 55.9 Å². The van der Waals surface area contributed by atoms with Crippen LogP contribution in [0.25, 0.3) is 11.4 Å². The van der Waals surface area contributed by atoms with Crippen LogP contribution >= 0.6 is 11.8 Å². The molecule has 1 aromatic heterocycles. The fraction of sp³-hybridized carbons (Fsp3) is 0.318. The highest BCUT2D eigenvalue weighted by Gasteiger charge is 2.18. The third kappa shape index (κ3) is 6.06. The summed E-state index contributed by atoms with van der Waals surface area (Å²) in [6.45, 7) is 5.57. The van der Waals surface area contributed by atoms with E-state index in [0.717, 1.165) is 5.75 Å². The number of hydrogen-bond donors (Lipinski definition) is 1. The molecule has 3 rings (SSSR count). The van der Waals surface area contributed by atoms with Gasteiger partial charge in [0.25, 0.3) is 0 Å². The molecule has 0 saturated carbocycles. The van der Waals surface area contributed by atoms with E-state index in [1.807, 2.05) is 34.9 Å². The molecule has 2 aromatic carbocycles. The molecule has 0 bridgehead atoms. The molecular formula is C22H25FN4O2S. The number of ether oxygens (including phenoxy) is 1. The first-order chi connectivity index (χ1) is 14.5. The van der Waals surface area contributed by atoms with Gasteiger partial charge in [-0.25, -0.2) is 4.39 Å². The van der Waals surface area contributed by atoms with E-state index in [1.54, 1.807) is 18.2 Å². The van der Waals surface area contributed by atoms with Crippen molar-refractivity contribution in [3.8, 4) is 17.1 Å². The lowest BCUT2D eigenvalue weighted by Gasteiger charge is -2.13. The van der Waals surface area contributed by atoms with Gasteiger partial charge in [0, 0.05) is 6.54 Å². The normalized spacial score (nSPS) is 10.9. The largest absolute Gasteiger partial charge is 0.492 e. The summed E-state index contributed by atoms with van der Waals surface area (Å²) in [5, 5.41) is 11.8. The highest BCUT2D eigenvalue weighted by atomic mass is 32.2. The Morgan fingerprint density at radius 1 is 1.13 bits per heavy atom. The van der Waals surface area contributed by atoms with Crippen molar-refractivity contribution >= 4 is 17.7 Å². The number of amides is 1. The van der Waals surface area contributed by atoms with Gasteiger partial charge in [-0.2, -0.15) is 0 Å². The Bertz CT molecular complexity index is 963. The van der Waals surface area contributed by atoms with Crippen molar-refractivity contribution in [2.45, 2.75) is 25.5 Å². The van der Waals surface area contributed by atoms with Crippen molar-refractivity contribution in [3.05, 3.63) is 60.4 Å². The van der Waals surface area contributed by atoms with Crippen LogP contribution in [0.4, 0.5) is 4.39 Å². The predicted octanol–water partition coefficient (Wildman–Crippen LogP) is 4.03. The second kappa shape index (κ2) is 10.8. The third-order valence-corrected chi connectivity index (χ3v) is 5.11. The van der Waals surface area contributed by atoms with Crippen LogP contribution in [0.3, 0.4) is 0 Å². The molecule has 1 heterocycles. The Labute approximate surface area is 179 Å². The average Bonchev–Trinajstić information content (AvgIpc) is 3.12. The second-order valence-corrected chi connectivity index (χ2v) is 8.03. The monoisotopic (exact) mass is 428 g/mol. The molecule has 8 heteroatoms. The standard InChI is InChI=1S/C22H25FN4O2S/c1-16(2)14-27-21(18-10-6-7-11-19(18)23)25-26-22(27)30-15-20(28)24-12-13-29-17-8-4-3-5-9-17/h3-11,16H,12-15H2,1-2H3,(H,24,28). The summed E-state index contributed by atoms with van der Waals surface area (Å²) in [4.78, 5) is 12.2. The number of halogens is 1. The van der Waals surface area contributed by atoms with Crippen molar-refractivity contribution in [1.82, 2.24) is 20.1 Å². The molecule has 0 unspecified atom stereocenters. The molecule has 0 aliphatic carbocycles. The lowest BCUT2D eigenvalue weighted by atomic mass is 10.2. The summed E-state index contributed by atoms with van der Waals surface area (Å²) in [7, 11) is 0. The van der Waals surface area contributed by atoms with Gasteiger partial charge in [0.2, 0.25) is 5.91 Å². The van der Waals surface area contributed by atoms with Gasteiger partial charge < -0.3 is 14.6 Å². The smallest absolute Gasteiger partial charge is 0.230 e. The molecule has 1 amide bonds. The maximum atomic E-state index is 14.2. The molecule has 0 saturated heterocycles. The molecule has 0 aliphatic rings. The summed E-state index contributed by atoms with van der Waals surface area (Å²) in [5.74, 6) is 1.28. The maximum Gasteiger partial charge on any atom is 0.230 e. The Morgan fingerprint density at radius 3 is 2.60 bits per heavy atom. The summed E-state index contributed by atoms with van der Waals surface area (Å²) in [6, 6.07) is 15.9. The van der Waals surface area contributed by atoms with Crippen molar-refractivity contribution in [2.75, 3.05) is 18.9 Å². The maximum absolute atomic E-state index is 14.2. The molecule has 1 N–H and O–H groups in total. The zero-order chi connectivity index (χ0) is 21.3. The van der Waals surface area contributed by atoms with E-state index in [4.69, 9.17) is 4.74 Å². The Morgan fingerprint density at radius 2 is 1.87 bits per heavy atom. The van der Waals surface area contributed by atoms with Crippen LogP contribution in [0.15, 0.2) is 59.8 Å². The Balaban J connectivity index is 1.56. The average molecular weight is 429 g/mol. The number of hydrogen-bond acceptors (Lipinski definition) is 5. The lowest BCUT2D eigenvalue weighted by Crippen LogP contribution is -2.29. The number of para-hydroxylation sites is 1. The van der Waals surface area contributed by atoms with E-state index in [0.29, 0.717) is 42.2 Å². The van der Waals surface area contributed by atoms with Crippen molar-refractivity contribution < 1.29 is 13.9 Å². The molecular weight excluding hydrogens is 403 g/mol. The molecule has 158 valence electrons. The molecule has 0 radical (unpaired) electrons. The number of carbonyl (C=O) groups is 1. The predicted molar refractivity (Wildman–Crippen MR) is 116 cm³/mol. The van der Waals surface area contributed by atoms with Crippen LogP contribution in [-0.2, 0) is 11.3 Å². The first-order valence-corrected chi connectivity index (χ1v) is 10.8. The van der Waals surface area contributed by atoms with Crippen LogP contribution in [-0.4, -0.2) is 39.6 Å². The molecule has 3 aromatic rings. The summed E-state index contributed by atoms with van der Waals surface area (Å²) >= 11 is 1.29. The number of nitrogens with one attached hydrogen (secondary N) is 1. The van der Waals surface area contributed by atoms with Crippen LogP contribution in [0.5, 0.6) is 5.75 Å². The van der Waals surface area contributed by atoms with Gasteiger partial charge >= 0.3 is 0 Å². The van der Waals surface area contributed by atoms with Gasteiger partial charge in [0.05, 0.1) is 17.9 Å². The number of carbonyl (C=O) groups excluding carboxylic acids is 1. The van der Waals surface area contributed by atoms with Crippen LogP contribution in [0.1, 0.15) is 13.8 Å². The summed E-state index contributed by atoms with van der Waals surface area (Å²) in [5.41, 5.74) is 0.403. The fourth-order valence-electron chi connectivity index (χ4n) is 2.82. The van der Waals surface area contributed by atoms with Gasteiger partial charge in [0.15, 0.2) is 11.0 Å². The number of aromatic nitrogens is 3. The van der Waals surface area contributed by atoms with Crippen molar-refractivity contribution in [3.63, 3.8) is 0 Å². The minimum absolute atomic E-state index is 0.122. The first kappa shape index (κ1) is 21.8. The molecule has 6 nitrogen and oxygen atoms in total.